The quantitative estimate of drug-likeness (QED) is 0.456. The van der Waals surface area contributed by atoms with Crippen LogP contribution in [0.25, 0.3) is 11.0 Å². The summed E-state index contributed by atoms with van der Waals surface area (Å²) >= 11 is 0. The number of ether oxygens (including phenoxy) is 1. The zero-order valence-corrected chi connectivity index (χ0v) is 17.2. The average Bonchev–Trinajstić information content (AvgIpc) is 2.66. The molecule has 0 bridgehead atoms. The molecule has 2 aromatic rings. The average molecular weight is 402 g/mol. The van der Waals surface area contributed by atoms with Crippen molar-refractivity contribution in [2.75, 3.05) is 6.54 Å². The molecule has 1 atom stereocenters. The molecule has 0 saturated heterocycles. The molecular formula is C22H28NO6-. The van der Waals surface area contributed by atoms with Crippen molar-refractivity contribution in [2.24, 2.45) is 0 Å². The van der Waals surface area contributed by atoms with Crippen LogP contribution in [-0.4, -0.2) is 24.5 Å². The van der Waals surface area contributed by atoms with Gasteiger partial charge in [-0.1, -0.05) is 26.2 Å². The first-order valence-electron chi connectivity index (χ1n) is 10.0. The van der Waals surface area contributed by atoms with Gasteiger partial charge in [0.1, 0.15) is 11.3 Å². The predicted octanol–water partition coefficient (Wildman–Crippen LogP) is 2.25. The first kappa shape index (κ1) is 22.5. The van der Waals surface area contributed by atoms with Crippen molar-refractivity contribution < 1.29 is 23.8 Å². The van der Waals surface area contributed by atoms with E-state index in [0.717, 1.165) is 36.6 Å². The van der Waals surface area contributed by atoms with Crippen molar-refractivity contribution >= 4 is 22.8 Å². The fourth-order valence-corrected chi connectivity index (χ4v) is 3.15. The molecular weight excluding hydrogens is 374 g/mol. The Bertz CT molecular complexity index is 917. The van der Waals surface area contributed by atoms with Crippen LogP contribution in [0.1, 0.15) is 57.1 Å². The lowest BCUT2D eigenvalue weighted by atomic mass is 10.0. The van der Waals surface area contributed by atoms with E-state index in [9.17, 15) is 19.5 Å². The minimum Gasteiger partial charge on any atom is -0.550 e. The van der Waals surface area contributed by atoms with E-state index in [1.54, 1.807) is 19.1 Å². The lowest BCUT2D eigenvalue weighted by molar-refractivity contribution is -0.305. The number of carboxylic acid groups (broad SMARTS) is 1. The van der Waals surface area contributed by atoms with Crippen LogP contribution in [0.4, 0.5) is 0 Å². The standard InChI is InChI=1S/C22H29NO6/c1-4-5-6-7-8-18-14(2)17-10-9-16(13-19(17)29-22(18)27)28-15(3)21(26)23-12-11-20(24)25/h9-10,13,15H,4-8,11-12H2,1-3H3,(H,23,26)(H,24,25)/p-1/t15-/m1/s1. The van der Waals surface area contributed by atoms with Gasteiger partial charge in [0.25, 0.3) is 5.91 Å². The Balaban J connectivity index is 2.10. The van der Waals surface area contributed by atoms with Crippen LogP contribution in [0.5, 0.6) is 5.75 Å². The van der Waals surface area contributed by atoms with Crippen LogP contribution in [0.15, 0.2) is 27.4 Å². The van der Waals surface area contributed by atoms with Gasteiger partial charge >= 0.3 is 5.63 Å². The van der Waals surface area contributed by atoms with Crippen molar-refractivity contribution in [1.29, 1.82) is 0 Å². The van der Waals surface area contributed by atoms with Crippen LogP contribution in [0.2, 0.25) is 0 Å². The summed E-state index contributed by atoms with van der Waals surface area (Å²) in [5.41, 5.74) is 1.69. The van der Waals surface area contributed by atoms with E-state index in [0.29, 0.717) is 23.3 Å². The normalized spacial score (nSPS) is 12.0. The number of hydrogen-bond donors (Lipinski definition) is 1. The molecule has 158 valence electrons. The number of carbonyl (C=O) groups excluding carboxylic acids is 2. The number of carbonyl (C=O) groups is 2. The first-order chi connectivity index (χ1) is 13.8. The summed E-state index contributed by atoms with van der Waals surface area (Å²) < 4.78 is 11.1. The number of carboxylic acids is 1. The Labute approximate surface area is 170 Å². The molecule has 0 fully saturated rings. The molecule has 0 spiro atoms. The van der Waals surface area contributed by atoms with E-state index in [1.165, 1.54) is 0 Å². The van der Waals surface area contributed by atoms with Crippen molar-refractivity contribution in [3.05, 3.63) is 39.7 Å². The van der Waals surface area contributed by atoms with Crippen molar-refractivity contribution in [2.45, 2.75) is 65.4 Å². The maximum absolute atomic E-state index is 12.4. The smallest absolute Gasteiger partial charge is 0.339 e. The van der Waals surface area contributed by atoms with E-state index >= 15 is 0 Å². The van der Waals surface area contributed by atoms with E-state index in [1.807, 2.05) is 13.0 Å². The Morgan fingerprint density at radius 1 is 1.24 bits per heavy atom. The molecule has 7 heteroatoms. The van der Waals surface area contributed by atoms with Crippen molar-refractivity contribution in [1.82, 2.24) is 5.32 Å². The fraction of sp³-hybridized carbons (Fsp3) is 0.500. The maximum atomic E-state index is 12.4. The molecule has 2 rings (SSSR count). The van der Waals surface area contributed by atoms with Crippen LogP contribution in [-0.2, 0) is 16.0 Å². The highest BCUT2D eigenvalue weighted by Gasteiger charge is 2.16. The minimum absolute atomic E-state index is 0.0261. The largest absolute Gasteiger partial charge is 0.550 e. The molecule has 1 aromatic carbocycles. The highest BCUT2D eigenvalue weighted by molar-refractivity contribution is 5.83. The monoisotopic (exact) mass is 402 g/mol. The van der Waals surface area contributed by atoms with Gasteiger partial charge in [-0.2, -0.15) is 0 Å². The molecule has 1 heterocycles. The zero-order valence-electron chi connectivity index (χ0n) is 17.2. The lowest BCUT2D eigenvalue weighted by Crippen LogP contribution is -2.38. The summed E-state index contributed by atoms with van der Waals surface area (Å²) in [5.74, 6) is -1.28. The minimum atomic E-state index is -1.23. The number of aliphatic carboxylic acids is 1. The SMILES string of the molecule is CCCCCCc1c(C)c2ccc(O[C@H](C)C(=O)NCCC(=O)[O-])cc2oc1=O. The van der Waals surface area contributed by atoms with Gasteiger partial charge in [0.2, 0.25) is 0 Å². The van der Waals surface area contributed by atoms with E-state index in [-0.39, 0.29) is 18.6 Å². The molecule has 0 unspecified atom stereocenters. The summed E-state index contributed by atoms with van der Waals surface area (Å²) in [4.78, 5) is 34.8. The van der Waals surface area contributed by atoms with Gasteiger partial charge in [0.05, 0.1) is 0 Å². The van der Waals surface area contributed by atoms with Gasteiger partial charge < -0.3 is 24.4 Å². The summed E-state index contributed by atoms with van der Waals surface area (Å²) in [6.07, 6.45) is 3.93. The van der Waals surface area contributed by atoms with Crippen LogP contribution in [0.3, 0.4) is 0 Å². The van der Waals surface area contributed by atoms with Crippen molar-refractivity contribution in [3.63, 3.8) is 0 Å². The first-order valence-corrected chi connectivity index (χ1v) is 10.0. The predicted molar refractivity (Wildman–Crippen MR) is 108 cm³/mol. The number of nitrogens with one attached hydrogen (secondary N) is 1. The second-order valence-corrected chi connectivity index (χ2v) is 7.13. The molecule has 0 aliphatic heterocycles. The number of rotatable bonds is 11. The van der Waals surface area contributed by atoms with Gasteiger partial charge in [0, 0.05) is 36.0 Å². The molecule has 0 radical (unpaired) electrons. The summed E-state index contributed by atoms with van der Waals surface area (Å²) in [7, 11) is 0. The molecule has 0 aliphatic carbocycles. The van der Waals surface area contributed by atoms with Gasteiger partial charge in [-0.25, -0.2) is 4.79 Å². The Morgan fingerprint density at radius 3 is 2.69 bits per heavy atom. The third-order valence-electron chi connectivity index (χ3n) is 4.85. The molecule has 1 N–H and O–H groups in total. The number of fused-ring (bicyclic) bond motifs is 1. The summed E-state index contributed by atoms with van der Waals surface area (Å²) in [6, 6.07) is 5.13. The molecule has 0 aliphatic rings. The zero-order chi connectivity index (χ0) is 21.4. The fourth-order valence-electron chi connectivity index (χ4n) is 3.15. The van der Waals surface area contributed by atoms with Crippen molar-refractivity contribution in [3.8, 4) is 5.75 Å². The molecule has 1 amide bonds. The van der Waals surface area contributed by atoms with E-state index in [2.05, 4.69) is 12.2 Å². The van der Waals surface area contributed by atoms with Gasteiger partial charge in [-0.05, 0) is 44.4 Å². The van der Waals surface area contributed by atoms with Crippen LogP contribution >= 0.6 is 0 Å². The van der Waals surface area contributed by atoms with Gasteiger partial charge in [-0.3, -0.25) is 4.79 Å². The molecule has 29 heavy (non-hydrogen) atoms. The van der Waals surface area contributed by atoms with Gasteiger partial charge in [0.15, 0.2) is 6.10 Å². The van der Waals surface area contributed by atoms with Crippen LogP contribution in [0, 0.1) is 6.92 Å². The Kier molecular flexibility index (Phi) is 8.24. The van der Waals surface area contributed by atoms with E-state index in [4.69, 9.17) is 9.15 Å². The number of amides is 1. The third-order valence-corrected chi connectivity index (χ3v) is 4.85. The Hall–Kier alpha value is -2.83. The molecule has 0 saturated carbocycles. The Morgan fingerprint density at radius 2 is 2.00 bits per heavy atom. The maximum Gasteiger partial charge on any atom is 0.339 e. The lowest BCUT2D eigenvalue weighted by Gasteiger charge is -2.15. The summed E-state index contributed by atoms with van der Waals surface area (Å²) in [5, 5.41) is 13.7. The highest BCUT2D eigenvalue weighted by Crippen LogP contribution is 2.25. The summed E-state index contributed by atoms with van der Waals surface area (Å²) in [6.45, 7) is 5.59. The number of aryl methyl sites for hydroxylation is 1. The van der Waals surface area contributed by atoms with E-state index < -0.39 is 18.0 Å². The topological polar surface area (TPSA) is 109 Å². The van der Waals surface area contributed by atoms with Gasteiger partial charge in [-0.15, -0.1) is 0 Å². The molecule has 7 nitrogen and oxygen atoms in total. The number of hydrogen-bond acceptors (Lipinski definition) is 6. The number of unbranched alkanes of at least 4 members (excludes halogenated alkanes) is 3. The second-order valence-electron chi connectivity index (χ2n) is 7.13. The van der Waals surface area contributed by atoms with Crippen LogP contribution < -0.4 is 20.8 Å². The second kappa shape index (κ2) is 10.6. The highest BCUT2D eigenvalue weighted by atomic mass is 16.5. The number of benzene rings is 1. The third kappa shape index (κ3) is 6.34. The molecule has 1 aromatic heterocycles.